The summed E-state index contributed by atoms with van der Waals surface area (Å²) in [6.45, 7) is 1.81. The summed E-state index contributed by atoms with van der Waals surface area (Å²) in [4.78, 5) is 26.5. The number of halogens is 2. The van der Waals surface area contributed by atoms with E-state index in [0.717, 1.165) is 4.47 Å². The van der Waals surface area contributed by atoms with Gasteiger partial charge in [-0.1, -0.05) is 51.8 Å². The molecular formula is C26H26BrClN2O5. The second-order valence-electron chi connectivity index (χ2n) is 7.51. The van der Waals surface area contributed by atoms with Gasteiger partial charge in [-0.15, -0.1) is 0 Å². The van der Waals surface area contributed by atoms with Gasteiger partial charge >= 0.3 is 12.1 Å². The molecule has 0 aromatic heterocycles. The van der Waals surface area contributed by atoms with Gasteiger partial charge in [0, 0.05) is 15.2 Å². The molecule has 0 unspecified atom stereocenters. The van der Waals surface area contributed by atoms with Crippen molar-refractivity contribution in [1.29, 1.82) is 0 Å². The summed E-state index contributed by atoms with van der Waals surface area (Å²) in [5, 5.41) is 6.68. The number of hydrogen-bond donors (Lipinski definition) is 2. The van der Waals surface area contributed by atoms with Crippen molar-refractivity contribution in [3.05, 3.63) is 93.4 Å². The molecule has 2 atom stereocenters. The first-order valence-electron chi connectivity index (χ1n) is 10.8. The van der Waals surface area contributed by atoms with Gasteiger partial charge in [0.25, 0.3) is 0 Å². The predicted molar refractivity (Wildman–Crippen MR) is 139 cm³/mol. The number of ether oxygens (including phenoxy) is 3. The van der Waals surface area contributed by atoms with Crippen molar-refractivity contribution in [2.24, 2.45) is 0 Å². The summed E-state index contributed by atoms with van der Waals surface area (Å²) < 4.78 is 16.6. The van der Waals surface area contributed by atoms with E-state index in [1.165, 1.54) is 7.11 Å². The van der Waals surface area contributed by atoms with Gasteiger partial charge in [-0.3, -0.25) is 5.32 Å². The second-order valence-corrected chi connectivity index (χ2v) is 8.86. The maximum absolute atomic E-state index is 13.6. The van der Waals surface area contributed by atoms with Crippen molar-refractivity contribution in [3.63, 3.8) is 0 Å². The van der Waals surface area contributed by atoms with E-state index in [1.807, 2.05) is 36.4 Å². The molecule has 2 N–H and O–H groups in total. The molecule has 0 aliphatic rings. The third-order valence-corrected chi connectivity index (χ3v) is 6.20. The largest absolute Gasteiger partial charge is 0.497 e. The monoisotopic (exact) mass is 560 g/mol. The van der Waals surface area contributed by atoms with Crippen LogP contribution >= 0.6 is 27.5 Å². The summed E-state index contributed by atoms with van der Waals surface area (Å²) >= 11 is 9.60. The molecule has 3 aromatic carbocycles. The number of carbonyl (C=O) groups excluding carboxylic acids is 2. The maximum Gasteiger partial charge on any atom is 0.408 e. The average molecular weight is 562 g/mol. The lowest BCUT2D eigenvalue weighted by Gasteiger charge is -2.40. The zero-order valence-corrected chi connectivity index (χ0v) is 21.9. The fourth-order valence-corrected chi connectivity index (χ4v) is 4.14. The van der Waals surface area contributed by atoms with E-state index >= 15 is 0 Å². The Morgan fingerprint density at radius 1 is 0.971 bits per heavy atom. The van der Waals surface area contributed by atoms with Gasteiger partial charge < -0.3 is 19.5 Å². The molecule has 0 radical (unpaired) electrons. The Hall–Kier alpha value is -3.23. The molecule has 9 heteroatoms. The van der Waals surface area contributed by atoms with Crippen LogP contribution in [-0.2, 0) is 19.8 Å². The highest BCUT2D eigenvalue weighted by atomic mass is 79.9. The number of rotatable bonds is 9. The lowest BCUT2D eigenvalue weighted by molar-refractivity contribution is -0.149. The molecule has 1 amide bonds. The van der Waals surface area contributed by atoms with E-state index in [2.05, 4.69) is 26.6 Å². The second kappa shape index (κ2) is 12.0. The van der Waals surface area contributed by atoms with Crippen LogP contribution in [-0.4, -0.2) is 32.9 Å². The maximum atomic E-state index is 13.6. The molecule has 0 saturated heterocycles. The fourth-order valence-electron chi connectivity index (χ4n) is 3.75. The predicted octanol–water partition coefficient (Wildman–Crippen LogP) is 6.08. The van der Waals surface area contributed by atoms with Crippen molar-refractivity contribution < 1.29 is 23.8 Å². The van der Waals surface area contributed by atoms with Gasteiger partial charge in [0.05, 0.1) is 26.9 Å². The average Bonchev–Trinajstić information content (AvgIpc) is 2.87. The van der Waals surface area contributed by atoms with E-state index in [4.69, 9.17) is 25.8 Å². The highest BCUT2D eigenvalue weighted by molar-refractivity contribution is 9.10. The van der Waals surface area contributed by atoms with Crippen LogP contribution in [0.3, 0.4) is 0 Å². The molecule has 0 saturated carbocycles. The van der Waals surface area contributed by atoms with Crippen molar-refractivity contribution in [3.8, 4) is 5.75 Å². The number of nitrogens with one attached hydrogen (secondary N) is 2. The van der Waals surface area contributed by atoms with Gasteiger partial charge in [-0.05, 0) is 66.6 Å². The third kappa shape index (κ3) is 6.07. The molecule has 184 valence electrons. The van der Waals surface area contributed by atoms with Crippen LogP contribution < -0.4 is 15.4 Å². The first kappa shape index (κ1) is 26.4. The Morgan fingerprint density at radius 2 is 1.60 bits per heavy atom. The SMILES string of the molecule is CCOC(=O)N[C@@](C(=O)OC)(c1ccc(Cl)cc1)[C@H](Nc1ccc(OC)cc1)c1ccc(Br)cc1. The zero-order chi connectivity index (χ0) is 25.4. The minimum absolute atomic E-state index is 0.124. The number of anilines is 1. The Bertz CT molecular complexity index is 1140. The highest BCUT2D eigenvalue weighted by Crippen LogP contribution is 2.40. The number of benzene rings is 3. The fraction of sp³-hybridized carbons (Fsp3) is 0.231. The van der Waals surface area contributed by atoms with E-state index in [9.17, 15) is 9.59 Å². The quantitative estimate of drug-likeness (QED) is 0.308. The third-order valence-electron chi connectivity index (χ3n) is 5.42. The number of esters is 1. The van der Waals surface area contributed by atoms with Crippen LogP contribution in [0.25, 0.3) is 0 Å². The van der Waals surface area contributed by atoms with Gasteiger partial charge in [-0.2, -0.15) is 0 Å². The van der Waals surface area contributed by atoms with Crippen molar-refractivity contribution in [2.45, 2.75) is 18.5 Å². The highest BCUT2D eigenvalue weighted by Gasteiger charge is 2.51. The van der Waals surface area contributed by atoms with Crippen molar-refractivity contribution >= 4 is 45.3 Å². The Labute approximate surface area is 217 Å². The van der Waals surface area contributed by atoms with E-state index < -0.39 is 23.6 Å². The number of amides is 1. The molecule has 3 rings (SSSR count). The Kier molecular flexibility index (Phi) is 9.01. The van der Waals surface area contributed by atoms with Crippen LogP contribution in [0.2, 0.25) is 5.02 Å². The topological polar surface area (TPSA) is 85.9 Å². The van der Waals surface area contributed by atoms with Crippen molar-refractivity contribution in [2.75, 3.05) is 26.1 Å². The Morgan fingerprint density at radius 3 is 2.14 bits per heavy atom. The smallest absolute Gasteiger partial charge is 0.408 e. The minimum Gasteiger partial charge on any atom is -0.497 e. The van der Waals surface area contributed by atoms with Crippen LogP contribution in [0.1, 0.15) is 24.1 Å². The van der Waals surface area contributed by atoms with E-state index in [0.29, 0.717) is 27.6 Å². The first-order valence-corrected chi connectivity index (χ1v) is 12.0. The van der Waals surface area contributed by atoms with Crippen LogP contribution in [0.15, 0.2) is 77.3 Å². The summed E-state index contributed by atoms with van der Waals surface area (Å²) in [5.74, 6) is -0.0147. The minimum atomic E-state index is -1.72. The Balaban J connectivity index is 2.26. The number of methoxy groups -OCH3 is 2. The van der Waals surface area contributed by atoms with E-state index in [-0.39, 0.29) is 6.61 Å². The van der Waals surface area contributed by atoms with Crippen LogP contribution in [0.5, 0.6) is 5.75 Å². The normalized spacial score (nSPS) is 13.2. The molecule has 0 aliphatic carbocycles. The van der Waals surface area contributed by atoms with Gasteiger partial charge in [-0.25, -0.2) is 9.59 Å². The molecule has 0 bridgehead atoms. The molecule has 0 spiro atoms. The first-order chi connectivity index (χ1) is 16.8. The van der Waals surface area contributed by atoms with Gasteiger partial charge in [0.15, 0.2) is 5.54 Å². The summed E-state index contributed by atoms with van der Waals surface area (Å²) in [7, 11) is 2.85. The number of hydrogen-bond acceptors (Lipinski definition) is 6. The summed E-state index contributed by atoms with van der Waals surface area (Å²) in [5.41, 5.74) is 0.128. The molecular weight excluding hydrogens is 536 g/mol. The zero-order valence-electron chi connectivity index (χ0n) is 19.5. The standard InChI is InChI=1S/C26H26BrClN2O5/c1-4-35-25(32)30-26(24(31)34-3,18-7-11-20(28)12-8-18)23(17-5-9-19(27)10-6-17)29-21-13-15-22(33-2)16-14-21/h5-16,23,29H,4H2,1-3H3,(H,30,32)/t23-,26+/m1/s1. The summed E-state index contributed by atoms with van der Waals surface area (Å²) in [6, 6.07) is 20.5. The molecule has 35 heavy (non-hydrogen) atoms. The number of carbonyl (C=O) groups is 2. The van der Waals surface area contributed by atoms with E-state index in [1.54, 1.807) is 50.4 Å². The van der Waals surface area contributed by atoms with Crippen LogP contribution in [0.4, 0.5) is 10.5 Å². The number of alkyl carbamates (subject to hydrolysis) is 1. The van der Waals surface area contributed by atoms with Gasteiger partial charge in [0.2, 0.25) is 0 Å². The summed E-state index contributed by atoms with van der Waals surface area (Å²) in [6.07, 6.45) is -0.772. The van der Waals surface area contributed by atoms with Crippen LogP contribution in [0, 0.1) is 0 Å². The molecule has 7 nitrogen and oxygen atoms in total. The molecule has 3 aromatic rings. The molecule has 0 fully saturated rings. The lowest BCUT2D eigenvalue weighted by atomic mass is 9.78. The lowest BCUT2D eigenvalue weighted by Crippen LogP contribution is -2.58. The molecule has 0 aliphatic heterocycles. The molecule has 0 heterocycles. The van der Waals surface area contributed by atoms with Crippen molar-refractivity contribution in [1.82, 2.24) is 5.32 Å². The van der Waals surface area contributed by atoms with Gasteiger partial charge in [0.1, 0.15) is 5.75 Å².